The Hall–Kier alpha value is -4.02. The maximum absolute atomic E-state index is 13.7. The molecule has 12 nitrogen and oxygen atoms in total. The van der Waals surface area contributed by atoms with Gasteiger partial charge in [0, 0.05) is 30.0 Å². The largest absolute Gasteiger partial charge is 0.505 e. The van der Waals surface area contributed by atoms with Crippen molar-refractivity contribution in [1.82, 2.24) is 0 Å². The number of ether oxygens (including phenoxy) is 1. The number of primary amides is 1. The maximum Gasteiger partial charge on any atom is 0.302 e. The van der Waals surface area contributed by atoms with E-state index in [1.165, 1.54) is 12.1 Å². The quantitative estimate of drug-likeness (QED) is 0.165. The maximum atomic E-state index is 13.7. The summed E-state index contributed by atoms with van der Waals surface area (Å²) in [6.45, 7) is 5.88. The molecule has 1 aromatic carbocycles. The zero-order chi connectivity index (χ0) is 26.0. The van der Waals surface area contributed by atoms with Crippen LogP contribution in [-0.2, 0) is 28.7 Å². The molecule has 4 rings (SSSR count). The fourth-order valence-corrected chi connectivity index (χ4v) is 5.82. The Morgan fingerprint density at radius 2 is 1.89 bits per heavy atom. The summed E-state index contributed by atoms with van der Waals surface area (Å²) in [6.07, 6.45) is -2.06. The predicted octanol–water partition coefficient (Wildman–Crippen LogP) is -0.578. The number of carbonyl (C=O) groups excluding carboxylic acids is 6. The number of Topliss-reactive ketones (excluding diaryl/α,β-unsaturated/α-hetero) is 4. The van der Waals surface area contributed by atoms with Crippen LogP contribution >= 0.6 is 0 Å². The Labute approximate surface area is 197 Å². The van der Waals surface area contributed by atoms with Crippen LogP contribution in [0.2, 0.25) is 0 Å². The molecule has 3 aliphatic carbocycles. The summed E-state index contributed by atoms with van der Waals surface area (Å²) in [5.41, 5.74) is 2.16. The zero-order valence-corrected chi connectivity index (χ0v) is 18.8. The first kappa shape index (κ1) is 24.1. The van der Waals surface area contributed by atoms with Crippen molar-refractivity contribution in [3.63, 3.8) is 0 Å². The summed E-state index contributed by atoms with van der Waals surface area (Å²) in [7, 11) is 0. The number of esters is 1. The molecule has 12 heteroatoms. The van der Waals surface area contributed by atoms with Gasteiger partial charge in [-0.3, -0.25) is 28.8 Å². The van der Waals surface area contributed by atoms with Gasteiger partial charge in [-0.15, -0.1) is 0 Å². The number of hydrogen-bond acceptors (Lipinski definition) is 10. The van der Waals surface area contributed by atoms with Gasteiger partial charge in [-0.2, -0.15) is 0 Å². The number of ketones is 4. The van der Waals surface area contributed by atoms with Crippen molar-refractivity contribution in [2.24, 2.45) is 34.5 Å². The number of hydrogen-bond donors (Lipinski definition) is 3. The van der Waals surface area contributed by atoms with Gasteiger partial charge < -0.3 is 20.7 Å². The summed E-state index contributed by atoms with van der Waals surface area (Å²) < 4.78 is 5.43. The highest BCUT2D eigenvalue weighted by Crippen LogP contribution is 2.55. The van der Waals surface area contributed by atoms with Crippen molar-refractivity contribution < 1.29 is 48.5 Å². The molecule has 2 unspecified atom stereocenters. The van der Waals surface area contributed by atoms with E-state index in [1.54, 1.807) is 6.92 Å². The molecule has 1 aromatic rings. The summed E-state index contributed by atoms with van der Waals surface area (Å²) in [4.78, 5) is 80.2. The molecule has 0 spiro atoms. The number of benzene rings is 1. The van der Waals surface area contributed by atoms with E-state index < -0.39 is 88.5 Å². The average Bonchev–Trinajstić information content (AvgIpc) is 2.77. The minimum absolute atomic E-state index is 0.0951. The SMILES string of the molecule is C=[N+]=Nc1ccc2c(c1O)C(=O)C1C(=O)[C@]3(O)C(=O)C(C(N)=O)C(=O)C[C@@H]3[C@@H](OC(C)=O)[C@@H]1[C@H]2C. The summed E-state index contributed by atoms with van der Waals surface area (Å²) in [5.74, 6) is -14.4. The van der Waals surface area contributed by atoms with Crippen LogP contribution in [0.4, 0.5) is 5.69 Å². The third-order valence-electron chi connectivity index (χ3n) is 7.29. The minimum atomic E-state index is -2.98. The molecule has 35 heavy (non-hydrogen) atoms. The van der Waals surface area contributed by atoms with Gasteiger partial charge in [0.25, 0.3) is 6.72 Å². The van der Waals surface area contributed by atoms with Gasteiger partial charge in [-0.1, -0.05) is 13.0 Å². The van der Waals surface area contributed by atoms with Crippen molar-refractivity contribution in [1.29, 1.82) is 0 Å². The second kappa shape index (κ2) is 8.03. The lowest BCUT2D eigenvalue weighted by atomic mass is 9.50. The smallest absolute Gasteiger partial charge is 0.302 e. The molecule has 0 aliphatic heterocycles. The van der Waals surface area contributed by atoms with Crippen LogP contribution < -0.4 is 5.73 Å². The van der Waals surface area contributed by atoms with Crippen molar-refractivity contribution in [3.05, 3.63) is 23.3 Å². The normalized spacial score (nSPS) is 33.7. The number of nitrogens with zero attached hydrogens (tertiary/aromatic N) is 2. The molecule has 0 saturated heterocycles. The number of rotatable bonds is 3. The predicted molar refractivity (Wildman–Crippen MR) is 114 cm³/mol. The highest BCUT2D eigenvalue weighted by molar-refractivity contribution is 6.31. The van der Waals surface area contributed by atoms with Gasteiger partial charge >= 0.3 is 5.97 Å². The van der Waals surface area contributed by atoms with E-state index in [-0.39, 0.29) is 11.3 Å². The zero-order valence-electron chi connectivity index (χ0n) is 18.8. The van der Waals surface area contributed by atoms with Crippen molar-refractivity contribution in [2.75, 3.05) is 0 Å². The number of fused-ring (bicyclic) bond motifs is 3. The molecule has 3 aliphatic rings. The summed E-state index contributed by atoms with van der Waals surface area (Å²) in [5, 5.41) is 25.8. The van der Waals surface area contributed by atoms with Gasteiger partial charge in [0.15, 0.2) is 46.1 Å². The number of phenols is 1. The third-order valence-corrected chi connectivity index (χ3v) is 7.29. The molecule has 0 radical (unpaired) electrons. The standard InChI is InChI=1S/C23H21N3O9/c1-7-9-4-5-11(26-25-3)17(29)14(9)18(30)16-13(7)19(35-8(2)27)10-6-12(28)15(22(24)33)20(31)23(10,34)21(16)32/h4-5,7,10,13,15-16,19,34H,3,6H2,1-2H3,(H2,24,33)/p+1/t7-,10+,13+,15?,16?,19+,23+/m0/s1. The highest BCUT2D eigenvalue weighted by atomic mass is 16.5. The van der Waals surface area contributed by atoms with E-state index in [2.05, 4.69) is 16.6 Å². The first-order valence-corrected chi connectivity index (χ1v) is 10.7. The van der Waals surface area contributed by atoms with Crippen LogP contribution in [0.3, 0.4) is 0 Å². The summed E-state index contributed by atoms with van der Waals surface area (Å²) in [6, 6.07) is 2.88. The topological polar surface area (TPSA) is 205 Å². The van der Waals surface area contributed by atoms with Crippen LogP contribution in [0.25, 0.3) is 0 Å². The molecule has 0 bridgehead atoms. The Balaban J connectivity index is 1.96. The van der Waals surface area contributed by atoms with Crippen LogP contribution in [0, 0.1) is 23.7 Å². The van der Waals surface area contributed by atoms with E-state index in [4.69, 9.17) is 10.5 Å². The summed E-state index contributed by atoms with van der Waals surface area (Å²) >= 11 is 0. The van der Waals surface area contributed by atoms with E-state index >= 15 is 0 Å². The van der Waals surface area contributed by atoms with Gasteiger partial charge in [0.2, 0.25) is 5.91 Å². The van der Waals surface area contributed by atoms with Crippen molar-refractivity contribution >= 4 is 47.4 Å². The molecule has 1 amide bonds. The molecule has 2 saturated carbocycles. The van der Waals surface area contributed by atoms with Crippen molar-refractivity contribution in [3.8, 4) is 5.75 Å². The van der Waals surface area contributed by atoms with Crippen LogP contribution in [0.5, 0.6) is 5.75 Å². The van der Waals surface area contributed by atoms with Crippen LogP contribution in [0.1, 0.15) is 42.1 Å². The number of aliphatic hydroxyl groups is 1. The van der Waals surface area contributed by atoms with Gasteiger partial charge in [-0.25, -0.2) is 0 Å². The van der Waals surface area contributed by atoms with Gasteiger partial charge in [0.05, 0.1) is 11.5 Å². The molecule has 0 heterocycles. The first-order chi connectivity index (χ1) is 16.4. The van der Waals surface area contributed by atoms with Crippen LogP contribution in [-0.4, -0.2) is 68.4 Å². The van der Waals surface area contributed by atoms with Crippen LogP contribution in [0.15, 0.2) is 17.2 Å². The lowest BCUT2D eigenvalue weighted by Crippen LogP contribution is -2.73. The average molecular weight is 484 g/mol. The number of carbonyl (C=O) groups is 6. The molecule has 182 valence electrons. The molecule has 7 atom stereocenters. The number of nitrogens with two attached hydrogens (primary N) is 1. The molecular formula is C23H22N3O9+. The van der Waals surface area contributed by atoms with Gasteiger partial charge in [-0.05, 0) is 17.5 Å². The Kier molecular flexibility index (Phi) is 5.54. The van der Waals surface area contributed by atoms with E-state index in [1.807, 2.05) is 0 Å². The highest BCUT2D eigenvalue weighted by Gasteiger charge is 2.71. The monoisotopic (exact) mass is 484 g/mol. The van der Waals surface area contributed by atoms with E-state index in [0.29, 0.717) is 5.56 Å². The Morgan fingerprint density at radius 3 is 2.46 bits per heavy atom. The van der Waals surface area contributed by atoms with Gasteiger partial charge in [0.1, 0.15) is 11.2 Å². The number of phenolic OH excluding ortho intramolecular Hbond substituents is 1. The lowest BCUT2D eigenvalue weighted by Gasteiger charge is -2.53. The van der Waals surface area contributed by atoms with E-state index in [0.717, 1.165) is 6.92 Å². The first-order valence-electron chi connectivity index (χ1n) is 10.7. The third kappa shape index (κ3) is 3.17. The second-order valence-electron chi connectivity index (χ2n) is 9.03. The number of amides is 1. The van der Waals surface area contributed by atoms with Crippen molar-refractivity contribution in [2.45, 2.75) is 37.9 Å². The lowest BCUT2D eigenvalue weighted by molar-refractivity contribution is -0.197. The molecular weight excluding hydrogens is 462 g/mol. The second-order valence-corrected chi connectivity index (χ2v) is 9.03. The minimum Gasteiger partial charge on any atom is -0.505 e. The molecule has 2 fully saturated rings. The molecule has 0 aromatic heterocycles. The fraction of sp³-hybridized carbons (Fsp3) is 0.435. The fourth-order valence-electron chi connectivity index (χ4n) is 5.82. The molecule has 4 N–H and O–H groups in total. The Morgan fingerprint density at radius 1 is 1.23 bits per heavy atom. The Bertz CT molecular complexity index is 1280. The van der Waals surface area contributed by atoms with E-state index in [9.17, 15) is 39.0 Å². The number of aromatic hydroxyl groups is 1.